The molecule has 1 fully saturated rings. The highest BCUT2D eigenvalue weighted by atomic mass is 16.4. The summed E-state index contributed by atoms with van der Waals surface area (Å²) in [5.41, 5.74) is -0.132. The number of rotatable bonds is 5. The lowest BCUT2D eigenvalue weighted by molar-refractivity contribution is -0.146. The minimum Gasteiger partial charge on any atom is -0.481 e. The summed E-state index contributed by atoms with van der Waals surface area (Å²) in [5, 5.41) is 11.9. The van der Waals surface area contributed by atoms with Crippen molar-refractivity contribution in [1.29, 1.82) is 0 Å². The number of carboxylic acids is 1. The Morgan fingerprint density at radius 1 is 1.28 bits per heavy atom. The van der Waals surface area contributed by atoms with Gasteiger partial charge < -0.3 is 15.3 Å². The lowest BCUT2D eigenvalue weighted by Crippen LogP contribution is -2.49. The molecule has 1 aliphatic rings. The zero-order valence-corrected chi connectivity index (χ0v) is 11.7. The average Bonchev–Trinajstić information content (AvgIpc) is 2.74. The maximum Gasteiger partial charge on any atom is 0.307 e. The minimum absolute atomic E-state index is 0.116. The predicted molar refractivity (Wildman–Crippen MR) is 69.2 cm³/mol. The SMILES string of the molecule is CN(C)C(C)(C)CNC(=O)C1CCCC1C(=O)O. The maximum absolute atomic E-state index is 12.0. The normalized spacial score (nSPS) is 24.3. The molecule has 0 spiro atoms. The Balaban J connectivity index is 2.53. The van der Waals surface area contributed by atoms with Crippen molar-refractivity contribution in [3.63, 3.8) is 0 Å². The van der Waals surface area contributed by atoms with Crippen LogP contribution < -0.4 is 5.32 Å². The molecular formula is C13H24N2O3. The smallest absolute Gasteiger partial charge is 0.307 e. The van der Waals surface area contributed by atoms with Crippen molar-refractivity contribution >= 4 is 11.9 Å². The standard InChI is InChI=1S/C13H24N2O3/c1-13(2,15(3)4)8-14-11(16)9-6-5-7-10(9)12(17)18/h9-10H,5-8H2,1-4H3,(H,14,16)(H,17,18). The molecule has 0 aromatic heterocycles. The van der Waals surface area contributed by atoms with E-state index in [1.165, 1.54) is 0 Å². The van der Waals surface area contributed by atoms with Crippen molar-refractivity contribution in [2.24, 2.45) is 11.8 Å². The van der Waals surface area contributed by atoms with E-state index in [9.17, 15) is 9.59 Å². The zero-order valence-electron chi connectivity index (χ0n) is 11.7. The second-order valence-corrected chi connectivity index (χ2v) is 5.91. The van der Waals surface area contributed by atoms with Crippen LogP contribution in [0.3, 0.4) is 0 Å². The van der Waals surface area contributed by atoms with E-state index in [1.807, 2.05) is 32.8 Å². The van der Waals surface area contributed by atoms with Gasteiger partial charge in [-0.25, -0.2) is 0 Å². The molecule has 0 radical (unpaired) electrons. The Bertz CT molecular complexity index is 326. The number of nitrogens with zero attached hydrogens (tertiary/aromatic N) is 1. The molecule has 5 heteroatoms. The van der Waals surface area contributed by atoms with E-state index in [-0.39, 0.29) is 17.4 Å². The molecule has 0 heterocycles. The molecule has 0 aromatic carbocycles. The van der Waals surface area contributed by atoms with Gasteiger partial charge in [0.2, 0.25) is 5.91 Å². The molecule has 2 N–H and O–H groups in total. The second-order valence-electron chi connectivity index (χ2n) is 5.91. The van der Waals surface area contributed by atoms with Crippen molar-refractivity contribution in [2.75, 3.05) is 20.6 Å². The maximum atomic E-state index is 12.0. The first-order valence-corrected chi connectivity index (χ1v) is 6.43. The lowest BCUT2D eigenvalue weighted by Gasteiger charge is -2.33. The quantitative estimate of drug-likeness (QED) is 0.768. The predicted octanol–water partition coefficient (Wildman–Crippen LogP) is 0.944. The number of amides is 1. The number of carbonyl (C=O) groups excluding carboxylic acids is 1. The van der Waals surface area contributed by atoms with Crippen LogP contribution in [0.1, 0.15) is 33.1 Å². The monoisotopic (exact) mass is 256 g/mol. The molecule has 2 atom stereocenters. The van der Waals surface area contributed by atoms with Gasteiger partial charge in [-0.05, 0) is 40.8 Å². The fourth-order valence-electron chi connectivity index (χ4n) is 2.16. The number of carboxylic acid groups (broad SMARTS) is 1. The summed E-state index contributed by atoms with van der Waals surface area (Å²) in [6.07, 6.45) is 2.13. The summed E-state index contributed by atoms with van der Waals surface area (Å²) in [4.78, 5) is 25.1. The summed E-state index contributed by atoms with van der Waals surface area (Å²) < 4.78 is 0. The summed E-state index contributed by atoms with van der Waals surface area (Å²) >= 11 is 0. The van der Waals surface area contributed by atoms with Crippen LogP contribution >= 0.6 is 0 Å². The molecule has 18 heavy (non-hydrogen) atoms. The minimum atomic E-state index is -0.848. The Morgan fingerprint density at radius 3 is 2.33 bits per heavy atom. The highest BCUT2D eigenvalue weighted by Crippen LogP contribution is 2.32. The van der Waals surface area contributed by atoms with Crippen LogP contribution in [0.5, 0.6) is 0 Å². The Morgan fingerprint density at radius 2 is 1.83 bits per heavy atom. The van der Waals surface area contributed by atoms with E-state index in [4.69, 9.17) is 5.11 Å². The molecule has 0 aliphatic heterocycles. The van der Waals surface area contributed by atoms with Gasteiger partial charge in [0.1, 0.15) is 0 Å². The number of nitrogens with one attached hydrogen (secondary N) is 1. The zero-order chi connectivity index (χ0) is 13.9. The second kappa shape index (κ2) is 5.69. The Kier molecular flexibility index (Phi) is 4.73. The van der Waals surface area contributed by atoms with Gasteiger partial charge >= 0.3 is 5.97 Å². The first-order valence-electron chi connectivity index (χ1n) is 6.43. The molecular weight excluding hydrogens is 232 g/mol. The van der Waals surface area contributed by atoms with Crippen LogP contribution in [-0.2, 0) is 9.59 Å². The van der Waals surface area contributed by atoms with Crippen LogP contribution in [0, 0.1) is 11.8 Å². The molecule has 5 nitrogen and oxygen atoms in total. The summed E-state index contributed by atoms with van der Waals surface area (Å²) in [5.74, 6) is -1.83. The molecule has 1 rings (SSSR count). The molecule has 0 saturated heterocycles. The van der Waals surface area contributed by atoms with Gasteiger partial charge in [0.25, 0.3) is 0 Å². The Hall–Kier alpha value is -1.10. The number of aliphatic carboxylic acids is 1. The van der Waals surface area contributed by atoms with E-state index in [2.05, 4.69) is 5.32 Å². The number of hydrogen-bond acceptors (Lipinski definition) is 3. The molecule has 1 saturated carbocycles. The van der Waals surface area contributed by atoms with E-state index < -0.39 is 11.9 Å². The van der Waals surface area contributed by atoms with Gasteiger partial charge in [0.05, 0.1) is 11.8 Å². The van der Waals surface area contributed by atoms with Crippen LogP contribution in [0.4, 0.5) is 0 Å². The van der Waals surface area contributed by atoms with Gasteiger partial charge in [0.15, 0.2) is 0 Å². The molecule has 2 unspecified atom stereocenters. The highest BCUT2D eigenvalue weighted by molar-refractivity contribution is 5.85. The fraction of sp³-hybridized carbons (Fsp3) is 0.846. The molecule has 1 amide bonds. The van der Waals surface area contributed by atoms with Crippen molar-refractivity contribution in [3.8, 4) is 0 Å². The number of carbonyl (C=O) groups is 2. The summed E-state index contributed by atoms with van der Waals surface area (Å²) in [6, 6.07) is 0. The Labute approximate surface area is 109 Å². The molecule has 1 aliphatic carbocycles. The van der Waals surface area contributed by atoms with E-state index in [0.29, 0.717) is 19.4 Å². The van der Waals surface area contributed by atoms with Gasteiger partial charge in [-0.2, -0.15) is 0 Å². The van der Waals surface area contributed by atoms with Gasteiger partial charge in [-0.3, -0.25) is 9.59 Å². The van der Waals surface area contributed by atoms with Crippen LogP contribution in [0.15, 0.2) is 0 Å². The van der Waals surface area contributed by atoms with Gasteiger partial charge in [-0.15, -0.1) is 0 Å². The van der Waals surface area contributed by atoms with E-state index in [1.54, 1.807) is 0 Å². The first kappa shape index (κ1) is 15.0. The van der Waals surface area contributed by atoms with Gasteiger partial charge in [-0.1, -0.05) is 6.42 Å². The molecule has 0 aromatic rings. The first-order chi connectivity index (χ1) is 8.25. The van der Waals surface area contributed by atoms with Crippen LogP contribution in [0.2, 0.25) is 0 Å². The average molecular weight is 256 g/mol. The third kappa shape index (κ3) is 3.45. The van der Waals surface area contributed by atoms with E-state index >= 15 is 0 Å². The number of likely N-dealkylation sites (N-methyl/N-ethyl adjacent to an activating group) is 1. The third-order valence-corrected chi connectivity index (χ3v) is 4.08. The molecule has 0 bridgehead atoms. The van der Waals surface area contributed by atoms with E-state index in [0.717, 1.165) is 6.42 Å². The van der Waals surface area contributed by atoms with Crippen LogP contribution in [-0.4, -0.2) is 48.1 Å². The van der Waals surface area contributed by atoms with Crippen molar-refractivity contribution in [2.45, 2.75) is 38.6 Å². The van der Waals surface area contributed by atoms with Crippen molar-refractivity contribution in [1.82, 2.24) is 10.2 Å². The van der Waals surface area contributed by atoms with Crippen molar-refractivity contribution < 1.29 is 14.7 Å². The summed E-state index contributed by atoms with van der Waals surface area (Å²) in [6.45, 7) is 4.61. The lowest BCUT2D eigenvalue weighted by atomic mass is 9.95. The highest BCUT2D eigenvalue weighted by Gasteiger charge is 2.38. The largest absolute Gasteiger partial charge is 0.481 e. The number of hydrogen-bond donors (Lipinski definition) is 2. The molecule has 104 valence electrons. The van der Waals surface area contributed by atoms with Crippen LogP contribution in [0.25, 0.3) is 0 Å². The van der Waals surface area contributed by atoms with Gasteiger partial charge in [0, 0.05) is 12.1 Å². The van der Waals surface area contributed by atoms with Crippen molar-refractivity contribution in [3.05, 3.63) is 0 Å². The third-order valence-electron chi connectivity index (χ3n) is 4.08. The summed E-state index contributed by atoms with van der Waals surface area (Å²) in [7, 11) is 3.92. The fourth-order valence-corrected chi connectivity index (χ4v) is 2.16. The topological polar surface area (TPSA) is 69.6 Å².